The molecule has 0 fully saturated rings. The van der Waals surface area contributed by atoms with Gasteiger partial charge in [0.05, 0.1) is 17.8 Å². The highest BCUT2D eigenvalue weighted by Gasteiger charge is 2.15. The molecule has 20 heavy (non-hydrogen) atoms. The monoisotopic (exact) mass is 282 g/mol. The topological polar surface area (TPSA) is 64.3 Å². The van der Waals surface area contributed by atoms with Crippen molar-refractivity contribution in [1.29, 1.82) is 0 Å². The molecule has 1 aromatic rings. The summed E-state index contributed by atoms with van der Waals surface area (Å²) in [5.41, 5.74) is 5.10. The van der Waals surface area contributed by atoms with Crippen molar-refractivity contribution in [3.63, 3.8) is 0 Å². The predicted octanol–water partition coefficient (Wildman–Crippen LogP) is 2.42. The number of benzene rings is 1. The molecule has 0 aromatic heterocycles. The Bertz CT molecular complexity index is 569. The van der Waals surface area contributed by atoms with Gasteiger partial charge in [-0.25, -0.2) is 13.6 Å². The van der Waals surface area contributed by atoms with Gasteiger partial charge in [0.2, 0.25) is 0 Å². The van der Waals surface area contributed by atoms with Gasteiger partial charge in [0.25, 0.3) is 0 Å². The van der Waals surface area contributed by atoms with Crippen LogP contribution in [0.25, 0.3) is 0 Å². The molecule has 1 aromatic carbocycles. The van der Waals surface area contributed by atoms with Crippen molar-refractivity contribution in [2.24, 2.45) is 0 Å². The first-order valence-electron chi connectivity index (χ1n) is 5.89. The molecule has 1 amide bonds. The van der Waals surface area contributed by atoms with Crippen LogP contribution in [0, 0.1) is 23.5 Å². The largest absolute Gasteiger partial charge is 0.444 e. The zero-order chi connectivity index (χ0) is 15.3. The van der Waals surface area contributed by atoms with E-state index in [9.17, 15) is 13.6 Å². The van der Waals surface area contributed by atoms with Crippen molar-refractivity contribution in [1.82, 2.24) is 5.32 Å². The molecular weight excluding hydrogens is 266 g/mol. The second-order valence-corrected chi connectivity index (χ2v) is 5.01. The van der Waals surface area contributed by atoms with E-state index in [1.165, 1.54) is 0 Å². The number of hydrogen-bond acceptors (Lipinski definition) is 3. The summed E-state index contributed by atoms with van der Waals surface area (Å²) in [6.07, 6.45) is -0.606. The Kier molecular flexibility index (Phi) is 4.92. The highest BCUT2D eigenvalue weighted by Crippen LogP contribution is 2.15. The van der Waals surface area contributed by atoms with Crippen molar-refractivity contribution in [2.75, 3.05) is 12.3 Å². The van der Waals surface area contributed by atoms with Crippen molar-refractivity contribution in [3.05, 3.63) is 29.3 Å². The normalized spacial score (nSPS) is 10.4. The SMILES string of the molecule is CC(C)(C)OC(=O)NCC#Cc1cc(F)c(F)cc1N. The smallest absolute Gasteiger partial charge is 0.408 e. The minimum Gasteiger partial charge on any atom is -0.444 e. The molecule has 0 aliphatic carbocycles. The molecular formula is C14H16F2N2O2. The number of nitrogens with two attached hydrogens (primary N) is 1. The number of nitrogens with one attached hydrogen (secondary N) is 1. The predicted molar refractivity (Wildman–Crippen MR) is 71.9 cm³/mol. The Balaban J connectivity index is 2.60. The number of alkyl carbamates (subject to hydrolysis) is 1. The van der Waals surface area contributed by atoms with E-state index >= 15 is 0 Å². The van der Waals surface area contributed by atoms with E-state index in [2.05, 4.69) is 17.2 Å². The molecule has 1 rings (SSSR count). The summed E-state index contributed by atoms with van der Waals surface area (Å²) >= 11 is 0. The Morgan fingerprint density at radius 1 is 1.35 bits per heavy atom. The van der Waals surface area contributed by atoms with Gasteiger partial charge in [0, 0.05) is 6.07 Å². The van der Waals surface area contributed by atoms with Gasteiger partial charge in [0.1, 0.15) is 5.60 Å². The molecule has 0 aliphatic heterocycles. The number of ether oxygens (including phenoxy) is 1. The first kappa shape index (κ1) is 15.8. The maximum atomic E-state index is 13.0. The molecule has 3 N–H and O–H groups in total. The molecule has 0 radical (unpaired) electrons. The van der Waals surface area contributed by atoms with Crippen LogP contribution < -0.4 is 11.1 Å². The molecule has 0 unspecified atom stereocenters. The van der Waals surface area contributed by atoms with E-state index in [1.807, 2.05) is 0 Å². The number of amides is 1. The van der Waals surface area contributed by atoms with Crippen LogP contribution in [0.2, 0.25) is 0 Å². The van der Waals surface area contributed by atoms with E-state index in [0.717, 1.165) is 12.1 Å². The molecule has 0 atom stereocenters. The summed E-state index contributed by atoms with van der Waals surface area (Å²) in [6, 6.07) is 1.77. The van der Waals surface area contributed by atoms with Gasteiger partial charge in [-0.2, -0.15) is 0 Å². The minimum absolute atomic E-state index is 0.00729. The summed E-state index contributed by atoms with van der Waals surface area (Å²) in [4.78, 5) is 11.3. The molecule has 0 saturated carbocycles. The average molecular weight is 282 g/mol. The van der Waals surface area contributed by atoms with Gasteiger partial charge in [-0.3, -0.25) is 0 Å². The summed E-state index contributed by atoms with van der Waals surface area (Å²) in [5.74, 6) is 3.07. The van der Waals surface area contributed by atoms with Gasteiger partial charge in [-0.15, -0.1) is 0 Å². The summed E-state index contributed by atoms with van der Waals surface area (Å²) in [6.45, 7) is 5.22. The highest BCUT2D eigenvalue weighted by molar-refractivity contribution is 5.68. The fraction of sp³-hybridized carbons (Fsp3) is 0.357. The van der Waals surface area contributed by atoms with E-state index < -0.39 is 23.3 Å². The van der Waals surface area contributed by atoms with Crippen LogP contribution >= 0.6 is 0 Å². The Labute approximate surface area is 116 Å². The van der Waals surface area contributed by atoms with Gasteiger partial charge in [0.15, 0.2) is 11.6 Å². The quantitative estimate of drug-likeness (QED) is 0.614. The number of carbonyl (C=O) groups excluding carboxylic acids is 1. The first-order chi connectivity index (χ1) is 9.19. The fourth-order valence-corrected chi connectivity index (χ4v) is 1.24. The number of hydrogen-bond donors (Lipinski definition) is 2. The molecule has 0 spiro atoms. The van der Waals surface area contributed by atoms with Crippen LogP contribution in [0.4, 0.5) is 19.3 Å². The summed E-state index contributed by atoms with van der Waals surface area (Å²) in [7, 11) is 0. The third-order valence-electron chi connectivity index (χ3n) is 2.04. The molecule has 108 valence electrons. The van der Waals surface area contributed by atoms with Crippen LogP contribution in [0.3, 0.4) is 0 Å². The minimum atomic E-state index is -1.03. The summed E-state index contributed by atoms with van der Waals surface area (Å²) < 4.78 is 30.8. The number of anilines is 1. The number of rotatable bonds is 1. The van der Waals surface area contributed by atoms with Gasteiger partial charge in [-0.1, -0.05) is 11.8 Å². The van der Waals surface area contributed by atoms with Crippen LogP contribution in [0.5, 0.6) is 0 Å². The van der Waals surface area contributed by atoms with Gasteiger partial charge in [-0.05, 0) is 26.8 Å². The fourth-order valence-electron chi connectivity index (χ4n) is 1.24. The Morgan fingerprint density at radius 3 is 2.55 bits per heavy atom. The van der Waals surface area contributed by atoms with Crippen molar-refractivity contribution in [2.45, 2.75) is 26.4 Å². The molecule has 4 nitrogen and oxygen atoms in total. The second-order valence-electron chi connectivity index (χ2n) is 5.01. The third kappa shape index (κ3) is 5.14. The summed E-state index contributed by atoms with van der Waals surface area (Å²) in [5, 5.41) is 2.41. The molecule has 0 bridgehead atoms. The molecule has 0 saturated heterocycles. The van der Waals surface area contributed by atoms with E-state index in [-0.39, 0.29) is 17.8 Å². The molecule has 0 heterocycles. The highest BCUT2D eigenvalue weighted by atomic mass is 19.2. The van der Waals surface area contributed by atoms with Crippen LogP contribution in [-0.2, 0) is 4.74 Å². The maximum Gasteiger partial charge on any atom is 0.408 e. The van der Waals surface area contributed by atoms with Crippen LogP contribution in [0.1, 0.15) is 26.3 Å². The third-order valence-corrected chi connectivity index (χ3v) is 2.04. The van der Waals surface area contributed by atoms with E-state index in [1.54, 1.807) is 20.8 Å². The van der Waals surface area contributed by atoms with Crippen LogP contribution in [-0.4, -0.2) is 18.2 Å². The van der Waals surface area contributed by atoms with Crippen molar-refractivity contribution < 1.29 is 18.3 Å². The standard InChI is InChI=1S/C14H16F2N2O2/c1-14(2,3)20-13(19)18-6-4-5-9-7-10(15)11(16)8-12(9)17/h7-8H,6,17H2,1-3H3,(H,18,19). The Morgan fingerprint density at radius 2 is 1.95 bits per heavy atom. The Hall–Kier alpha value is -2.29. The van der Waals surface area contributed by atoms with Crippen molar-refractivity contribution in [3.8, 4) is 11.8 Å². The van der Waals surface area contributed by atoms with Crippen molar-refractivity contribution >= 4 is 11.8 Å². The van der Waals surface area contributed by atoms with E-state index in [0.29, 0.717) is 0 Å². The number of nitrogen functional groups attached to an aromatic ring is 1. The zero-order valence-corrected chi connectivity index (χ0v) is 11.5. The average Bonchev–Trinajstić information content (AvgIpc) is 2.28. The lowest BCUT2D eigenvalue weighted by molar-refractivity contribution is 0.0535. The van der Waals surface area contributed by atoms with E-state index in [4.69, 9.17) is 10.5 Å². The second kappa shape index (κ2) is 6.24. The zero-order valence-electron chi connectivity index (χ0n) is 11.5. The number of carbonyl (C=O) groups is 1. The lowest BCUT2D eigenvalue weighted by Crippen LogP contribution is -2.32. The van der Waals surface area contributed by atoms with Gasteiger partial charge >= 0.3 is 6.09 Å². The lowest BCUT2D eigenvalue weighted by Gasteiger charge is -2.19. The number of halogens is 2. The molecule has 6 heteroatoms. The van der Waals surface area contributed by atoms with Gasteiger partial charge < -0.3 is 15.8 Å². The first-order valence-corrected chi connectivity index (χ1v) is 5.89. The maximum absolute atomic E-state index is 13.0. The molecule has 0 aliphatic rings. The van der Waals surface area contributed by atoms with Crippen LogP contribution in [0.15, 0.2) is 12.1 Å². The lowest BCUT2D eigenvalue weighted by atomic mass is 10.2.